The lowest BCUT2D eigenvalue weighted by molar-refractivity contribution is -0.119. The SMILES string of the molecule is CC(=O)NC1CCN(S(=O)(=O)c2ncccc2F)CC1. The summed E-state index contributed by atoms with van der Waals surface area (Å²) in [6.45, 7) is 1.90. The molecule has 1 N–H and O–H groups in total. The average molecular weight is 301 g/mol. The van der Waals surface area contributed by atoms with Gasteiger partial charge in [0.25, 0.3) is 10.0 Å². The number of sulfonamides is 1. The fraction of sp³-hybridized carbons (Fsp3) is 0.500. The van der Waals surface area contributed by atoms with E-state index in [4.69, 9.17) is 0 Å². The number of hydrogen-bond donors (Lipinski definition) is 1. The van der Waals surface area contributed by atoms with Gasteiger partial charge in [0.05, 0.1) is 0 Å². The molecule has 1 aromatic rings. The molecule has 8 heteroatoms. The van der Waals surface area contributed by atoms with Gasteiger partial charge in [-0.1, -0.05) is 0 Å². The van der Waals surface area contributed by atoms with E-state index in [0.717, 1.165) is 6.07 Å². The monoisotopic (exact) mass is 301 g/mol. The van der Waals surface area contributed by atoms with Crippen LogP contribution in [0.3, 0.4) is 0 Å². The van der Waals surface area contributed by atoms with E-state index in [-0.39, 0.29) is 25.0 Å². The Morgan fingerprint density at radius 3 is 2.65 bits per heavy atom. The van der Waals surface area contributed by atoms with Crippen molar-refractivity contribution in [1.29, 1.82) is 0 Å². The minimum absolute atomic E-state index is 0.0347. The quantitative estimate of drug-likeness (QED) is 0.882. The number of carbonyl (C=O) groups excluding carboxylic acids is 1. The molecule has 0 bridgehead atoms. The van der Waals surface area contributed by atoms with Crippen molar-refractivity contribution in [2.24, 2.45) is 0 Å². The van der Waals surface area contributed by atoms with Crippen molar-refractivity contribution < 1.29 is 17.6 Å². The third-order valence-electron chi connectivity index (χ3n) is 3.17. The van der Waals surface area contributed by atoms with Crippen LogP contribution in [-0.4, -0.2) is 42.7 Å². The van der Waals surface area contributed by atoms with Crippen LogP contribution in [0.4, 0.5) is 4.39 Å². The Bertz CT molecular complexity index is 598. The normalized spacial score (nSPS) is 17.9. The van der Waals surface area contributed by atoms with E-state index >= 15 is 0 Å². The van der Waals surface area contributed by atoms with Crippen molar-refractivity contribution in [3.05, 3.63) is 24.1 Å². The molecule has 1 fully saturated rings. The first-order chi connectivity index (χ1) is 9.41. The van der Waals surface area contributed by atoms with E-state index < -0.39 is 20.9 Å². The fourth-order valence-electron chi connectivity index (χ4n) is 2.21. The molecule has 0 saturated carbocycles. The third-order valence-corrected chi connectivity index (χ3v) is 5.00. The summed E-state index contributed by atoms with van der Waals surface area (Å²) in [6.07, 6.45) is 2.26. The molecule has 6 nitrogen and oxygen atoms in total. The minimum Gasteiger partial charge on any atom is -0.354 e. The predicted molar refractivity (Wildman–Crippen MR) is 69.8 cm³/mol. The fourth-order valence-corrected chi connectivity index (χ4v) is 3.66. The zero-order chi connectivity index (χ0) is 14.8. The van der Waals surface area contributed by atoms with Crippen LogP contribution in [-0.2, 0) is 14.8 Å². The van der Waals surface area contributed by atoms with Crippen LogP contribution in [0.5, 0.6) is 0 Å². The number of piperidine rings is 1. The van der Waals surface area contributed by atoms with Gasteiger partial charge in [0.1, 0.15) is 0 Å². The molecule has 0 spiro atoms. The number of hydrogen-bond acceptors (Lipinski definition) is 4. The summed E-state index contributed by atoms with van der Waals surface area (Å²) in [5, 5.41) is 2.21. The highest BCUT2D eigenvalue weighted by Crippen LogP contribution is 2.21. The summed E-state index contributed by atoms with van der Waals surface area (Å²) < 4.78 is 39.3. The Hall–Kier alpha value is -1.54. The minimum atomic E-state index is -3.91. The largest absolute Gasteiger partial charge is 0.354 e. The van der Waals surface area contributed by atoms with E-state index in [9.17, 15) is 17.6 Å². The van der Waals surface area contributed by atoms with Crippen LogP contribution in [0.2, 0.25) is 0 Å². The van der Waals surface area contributed by atoms with Crippen LogP contribution in [0, 0.1) is 5.82 Å². The summed E-state index contributed by atoms with van der Waals surface area (Å²) in [5.74, 6) is -0.987. The summed E-state index contributed by atoms with van der Waals surface area (Å²) in [7, 11) is -3.91. The Morgan fingerprint density at radius 1 is 1.45 bits per heavy atom. The maximum Gasteiger partial charge on any atom is 0.263 e. The molecule has 1 aliphatic heterocycles. The van der Waals surface area contributed by atoms with Gasteiger partial charge in [0.2, 0.25) is 10.9 Å². The van der Waals surface area contributed by atoms with Gasteiger partial charge >= 0.3 is 0 Å². The molecule has 0 aromatic carbocycles. The second-order valence-corrected chi connectivity index (χ2v) is 6.52. The van der Waals surface area contributed by atoms with Crippen molar-refractivity contribution >= 4 is 15.9 Å². The number of rotatable bonds is 3. The number of carbonyl (C=O) groups is 1. The second-order valence-electron chi connectivity index (χ2n) is 4.67. The standard InChI is InChI=1S/C12H16FN3O3S/c1-9(17)15-10-4-7-16(8-5-10)20(18,19)12-11(13)3-2-6-14-12/h2-3,6,10H,4-5,7-8H2,1H3,(H,15,17). The summed E-state index contributed by atoms with van der Waals surface area (Å²) in [6, 6.07) is 2.38. The Labute approximate surface area is 117 Å². The Kier molecular flexibility index (Phi) is 4.34. The highest BCUT2D eigenvalue weighted by atomic mass is 32.2. The maximum atomic E-state index is 13.6. The molecule has 0 aliphatic carbocycles. The lowest BCUT2D eigenvalue weighted by Crippen LogP contribution is -2.46. The maximum absolute atomic E-state index is 13.6. The zero-order valence-corrected chi connectivity index (χ0v) is 11.9. The summed E-state index contributed by atoms with van der Waals surface area (Å²) >= 11 is 0. The van der Waals surface area contributed by atoms with E-state index in [1.54, 1.807) is 0 Å². The van der Waals surface area contributed by atoms with Gasteiger partial charge in [0, 0.05) is 32.3 Å². The Balaban J connectivity index is 2.10. The van der Waals surface area contributed by atoms with Crippen LogP contribution in [0.25, 0.3) is 0 Å². The number of amides is 1. The first kappa shape index (κ1) is 14.9. The Morgan fingerprint density at radius 2 is 2.10 bits per heavy atom. The molecular weight excluding hydrogens is 285 g/mol. The third kappa shape index (κ3) is 3.13. The molecule has 110 valence electrons. The molecule has 1 aliphatic rings. The highest BCUT2D eigenvalue weighted by Gasteiger charge is 2.32. The molecule has 1 aromatic heterocycles. The molecular formula is C12H16FN3O3S. The molecule has 20 heavy (non-hydrogen) atoms. The van der Waals surface area contributed by atoms with Crippen LogP contribution in [0.15, 0.2) is 23.4 Å². The number of pyridine rings is 1. The molecule has 0 unspecified atom stereocenters. The van der Waals surface area contributed by atoms with E-state index in [2.05, 4.69) is 10.3 Å². The van der Waals surface area contributed by atoms with Crippen LogP contribution < -0.4 is 5.32 Å². The zero-order valence-electron chi connectivity index (χ0n) is 11.0. The lowest BCUT2D eigenvalue weighted by Gasteiger charge is -2.31. The molecule has 1 amide bonds. The number of halogens is 1. The first-order valence-electron chi connectivity index (χ1n) is 6.29. The molecule has 2 heterocycles. The molecule has 1 saturated heterocycles. The van der Waals surface area contributed by atoms with Crippen LogP contribution in [0.1, 0.15) is 19.8 Å². The number of nitrogens with zero attached hydrogens (tertiary/aromatic N) is 2. The molecule has 2 rings (SSSR count). The number of nitrogens with one attached hydrogen (secondary N) is 1. The van der Waals surface area contributed by atoms with Crippen molar-refractivity contribution in [3.63, 3.8) is 0 Å². The van der Waals surface area contributed by atoms with Gasteiger partial charge in [-0.05, 0) is 25.0 Å². The highest BCUT2D eigenvalue weighted by molar-refractivity contribution is 7.89. The van der Waals surface area contributed by atoms with Gasteiger partial charge in [-0.25, -0.2) is 17.8 Å². The van der Waals surface area contributed by atoms with Gasteiger partial charge < -0.3 is 5.32 Å². The van der Waals surface area contributed by atoms with Crippen molar-refractivity contribution in [1.82, 2.24) is 14.6 Å². The predicted octanol–water partition coefficient (Wildman–Crippen LogP) is 0.510. The van der Waals surface area contributed by atoms with Crippen molar-refractivity contribution in [3.8, 4) is 0 Å². The molecule has 0 atom stereocenters. The van der Waals surface area contributed by atoms with E-state index in [1.165, 1.54) is 23.5 Å². The lowest BCUT2D eigenvalue weighted by atomic mass is 10.1. The van der Waals surface area contributed by atoms with E-state index in [0.29, 0.717) is 12.8 Å². The van der Waals surface area contributed by atoms with Gasteiger partial charge in [-0.3, -0.25) is 4.79 Å². The van der Waals surface area contributed by atoms with Crippen LogP contribution >= 0.6 is 0 Å². The topological polar surface area (TPSA) is 79.4 Å². The van der Waals surface area contributed by atoms with E-state index in [1.807, 2.05) is 0 Å². The summed E-state index contributed by atoms with van der Waals surface area (Å²) in [4.78, 5) is 14.6. The second kappa shape index (κ2) is 5.84. The summed E-state index contributed by atoms with van der Waals surface area (Å²) in [5.41, 5.74) is 0. The van der Waals surface area contributed by atoms with Crippen molar-refractivity contribution in [2.75, 3.05) is 13.1 Å². The molecule has 0 radical (unpaired) electrons. The first-order valence-corrected chi connectivity index (χ1v) is 7.73. The number of aromatic nitrogens is 1. The smallest absolute Gasteiger partial charge is 0.263 e. The van der Waals surface area contributed by atoms with Gasteiger partial charge in [0.15, 0.2) is 5.82 Å². The van der Waals surface area contributed by atoms with Gasteiger partial charge in [-0.15, -0.1) is 0 Å². The van der Waals surface area contributed by atoms with Gasteiger partial charge in [-0.2, -0.15) is 4.31 Å². The van der Waals surface area contributed by atoms with Crippen molar-refractivity contribution in [2.45, 2.75) is 30.8 Å². The average Bonchev–Trinajstić information content (AvgIpc) is 2.39.